The number of aliphatic hydroxyl groups excluding tert-OH is 1. The van der Waals surface area contributed by atoms with E-state index in [1.807, 2.05) is 57.2 Å². The average molecular weight is 915 g/mol. The number of thiophene rings is 1. The predicted octanol–water partition coefficient (Wildman–Crippen LogP) is 3.66. The van der Waals surface area contributed by atoms with Gasteiger partial charge in [0, 0.05) is 55.5 Å². The molecular formula is C47H62N8O9S. The lowest BCUT2D eigenvalue weighted by Gasteiger charge is -2.35. The van der Waals surface area contributed by atoms with E-state index in [9.17, 15) is 29.4 Å². The first-order valence-corrected chi connectivity index (χ1v) is 22.9. The van der Waals surface area contributed by atoms with Crippen LogP contribution in [-0.2, 0) is 39.9 Å². The van der Waals surface area contributed by atoms with Gasteiger partial charge in [0.25, 0.3) is 0 Å². The van der Waals surface area contributed by atoms with E-state index in [1.54, 1.807) is 29.5 Å². The second kappa shape index (κ2) is 23.0. The Morgan fingerprint density at radius 3 is 2.28 bits per heavy atom. The third-order valence-corrected chi connectivity index (χ3v) is 12.6. The topological polar surface area (TPSA) is 231 Å². The highest BCUT2D eigenvalue weighted by Crippen LogP contribution is 2.34. The first kappa shape index (κ1) is 48.8. The first-order chi connectivity index (χ1) is 31.2. The number of aromatic nitrogens is 2. The largest absolute Gasteiger partial charge is 0.507 e. The van der Waals surface area contributed by atoms with Gasteiger partial charge < -0.3 is 55.9 Å². The molecule has 350 valence electrons. The smallest absolute Gasteiger partial charge is 0.246 e. The van der Waals surface area contributed by atoms with Gasteiger partial charge in [-0.25, -0.2) is 0 Å². The van der Waals surface area contributed by atoms with Gasteiger partial charge in [-0.2, -0.15) is 0 Å². The van der Waals surface area contributed by atoms with Gasteiger partial charge in [-0.1, -0.05) is 57.2 Å². The number of hydrogen-bond acceptors (Lipinski definition) is 14. The summed E-state index contributed by atoms with van der Waals surface area (Å²) in [6.45, 7) is 10.4. The highest BCUT2D eigenvalue weighted by atomic mass is 32.1. The summed E-state index contributed by atoms with van der Waals surface area (Å²) in [6, 6.07) is 16.9. The summed E-state index contributed by atoms with van der Waals surface area (Å²) < 4.78 is 16.7. The van der Waals surface area contributed by atoms with E-state index < -0.39 is 35.4 Å². The molecule has 0 saturated carbocycles. The van der Waals surface area contributed by atoms with Crippen LogP contribution in [0.25, 0.3) is 21.7 Å². The third kappa shape index (κ3) is 13.4. The number of aryl methyl sites for hydroxylation is 1. The SMILES string of the molecule is Cc1ccsc1-c1ccc(CNC(=O)[C@@H]2C[C@@H](O)CN2C(=O)[C@@H](NC(=O)COCCOCCOCCNC(=O)C2CCN(c3cc(-c4ccccc4O)nnc3N)CC2)C(C)(C)C)cc1. The number of amides is 4. The van der Waals surface area contributed by atoms with Crippen LogP contribution in [0.4, 0.5) is 11.5 Å². The molecule has 2 saturated heterocycles. The van der Waals surface area contributed by atoms with Gasteiger partial charge in [-0.3, -0.25) is 19.2 Å². The molecule has 2 aromatic carbocycles. The number of benzene rings is 2. The Bertz CT molecular complexity index is 2230. The zero-order valence-corrected chi connectivity index (χ0v) is 38.4. The fourth-order valence-electron chi connectivity index (χ4n) is 7.92. The number of hydrogen-bond donors (Lipinski definition) is 6. The number of para-hydroxylation sites is 1. The maximum Gasteiger partial charge on any atom is 0.246 e. The lowest BCUT2D eigenvalue weighted by Crippen LogP contribution is -2.58. The van der Waals surface area contributed by atoms with E-state index in [0.717, 1.165) is 16.8 Å². The number of piperidine rings is 1. The molecule has 3 atom stereocenters. The molecule has 18 heteroatoms. The van der Waals surface area contributed by atoms with E-state index in [4.69, 9.17) is 19.9 Å². The summed E-state index contributed by atoms with van der Waals surface area (Å²) in [4.78, 5) is 57.8. The number of carbonyl (C=O) groups is 4. The van der Waals surface area contributed by atoms with Crippen LogP contribution in [0.5, 0.6) is 5.75 Å². The third-order valence-electron chi connectivity index (χ3n) is 11.5. The molecule has 4 amide bonds. The zero-order valence-electron chi connectivity index (χ0n) is 37.6. The number of anilines is 2. The van der Waals surface area contributed by atoms with Crippen molar-refractivity contribution in [3.63, 3.8) is 0 Å². The monoisotopic (exact) mass is 914 g/mol. The molecule has 4 heterocycles. The molecule has 0 unspecified atom stereocenters. The number of nitrogens with one attached hydrogen (secondary N) is 3. The summed E-state index contributed by atoms with van der Waals surface area (Å²) in [5.41, 5.74) is 10.5. The summed E-state index contributed by atoms with van der Waals surface area (Å²) >= 11 is 1.68. The summed E-state index contributed by atoms with van der Waals surface area (Å²) in [7, 11) is 0. The standard InChI is InChI=1S/C47H62N8O9S/c1-30-15-24-65-41(30)32-11-9-31(10-12-32)27-50-45(60)38-25-34(56)28-55(38)46(61)42(47(2,3)4)51-40(58)29-64-23-22-63-21-20-62-19-16-49-44(59)33-13-17-54(18-14-33)37-26-36(52-53-43(37)48)35-7-5-6-8-39(35)57/h5-12,15,24,26,33-34,38,42,56-57H,13-14,16-23,25,27-29H2,1-4H3,(H2,48,53)(H,49,59)(H,50,60)(H,51,58)/t34-,38+,42-/m1/s1. The van der Waals surface area contributed by atoms with E-state index in [1.165, 1.54) is 15.3 Å². The van der Waals surface area contributed by atoms with Crippen molar-refractivity contribution in [1.29, 1.82) is 0 Å². The number of aromatic hydroxyl groups is 1. The molecule has 2 aliphatic rings. The van der Waals surface area contributed by atoms with Crippen LogP contribution in [0.2, 0.25) is 0 Å². The van der Waals surface area contributed by atoms with Gasteiger partial charge in [0.2, 0.25) is 23.6 Å². The van der Waals surface area contributed by atoms with Crippen LogP contribution in [0, 0.1) is 18.3 Å². The normalized spacial score (nSPS) is 17.2. The second-order valence-corrected chi connectivity index (χ2v) is 18.4. The Kier molecular flexibility index (Phi) is 17.3. The van der Waals surface area contributed by atoms with Crippen LogP contribution in [0.15, 0.2) is 66.0 Å². The van der Waals surface area contributed by atoms with Gasteiger partial charge in [-0.15, -0.1) is 21.5 Å². The van der Waals surface area contributed by atoms with Crippen molar-refractivity contribution in [3.05, 3.63) is 77.2 Å². The summed E-state index contributed by atoms with van der Waals surface area (Å²) in [6.07, 6.45) is 0.511. The van der Waals surface area contributed by atoms with Crippen molar-refractivity contribution < 1.29 is 43.6 Å². The fraction of sp³-hybridized carbons (Fsp3) is 0.489. The number of rotatable bonds is 20. The van der Waals surface area contributed by atoms with Crippen LogP contribution in [-0.4, -0.2) is 133 Å². The van der Waals surface area contributed by atoms with Crippen LogP contribution in [0.1, 0.15) is 51.2 Å². The molecule has 2 aromatic heterocycles. The lowest BCUT2D eigenvalue weighted by molar-refractivity contribution is -0.144. The quantitative estimate of drug-likeness (QED) is 0.0697. The Labute approximate surface area is 384 Å². The van der Waals surface area contributed by atoms with Gasteiger partial charge >= 0.3 is 0 Å². The minimum Gasteiger partial charge on any atom is -0.507 e. The molecule has 2 aliphatic heterocycles. The first-order valence-electron chi connectivity index (χ1n) is 22.1. The molecule has 0 aliphatic carbocycles. The number of ether oxygens (including phenoxy) is 3. The second-order valence-electron chi connectivity index (χ2n) is 17.5. The Balaban J connectivity index is 0.824. The molecule has 17 nitrogen and oxygen atoms in total. The van der Waals surface area contributed by atoms with Crippen molar-refractivity contribution in [3.8, 4) is 27.4 Å². The lowest BCUT2D eigenvalue weighted by atomic mass is 9.85. The van der Waals surface area contributed by atoms with E-state index in [2.05, 4.69) is 49.4 Å². The summed E-state index contributed by atoms with van der Waals surface area (Å²) in [5.74, 6) is -1.08. The van der Waals surface area contributed by atoms with Gasteiger partial charge in [-0.05, 0) is 71.5 Å². The van der Waals surface area contributed by atoms with E-state index in [0.29, 0.717) is 69.4 Å². The van der Waals surface area contributed by atoms with Crippen molar-refractivity contribution in [2.45, 2.75) is 71.7 Å². The molecule has 4 aromatic rings. The number of carbonyl (C=O) groups excluding carboxylic acids is 4. The number of aliphatic hydroxyl groups is 1. The van der Waals surface area contributed by atoms with Crippen LogP contribution >= 0.6 is 11.3 Å². The molecule has 65 heavy (non-hydrogen) atoms. The summed E-state index contributed by atoms with van der Waals surface area (Å²) in [5, 5.41) is 39.8. The maximum absolute atomic E-state index is 13.9. The minimum absolute atomic E-state index is 0.0193. The molecule has 2 fully saturated rings. The van der Waals surface area contributed by atoms with E-state index in [-0.39, 0.29) is 62.8 Å². The minimum atomic E-state index is -0.972. The molecule has 6 rings (SSSR count). The predicted molar refractivity (Wildman–Crippen MR) is 248 cm³/mol. The van der Waals surface area contributed by atoms with Gasteiger partial charge in [0.1, 0.15) is 24.4 Å². The Morgan fingerprint density at radius 1 is 0.908 bits per heavy atom. The zero-order chi connectivity index (χ0) is 46.5. The number of phenols is 1. The number of phenolic OH excluding ortho intramolecular Hbond substituents is 1. The van der Waals surface area contributed by atoms with Crippen LogP contribution < -0.4 is 26.6 Å². The molecule has 0 spiro atoms. The van der Waals surface area contributed by atoms with Gasteiger partial charge in [0.05, 0.1) is 50.5 Å². The number of nitrogens with two attached hydrogens (primary N) is 1. The maximum atomic E-state index is 13.9. The van der Waals surface area contributed by atoms with Crippen molar-refractivity contribution in [2.24, 2.45) is 11.3 Å². The molecular weight excluding hydrogens is 853 g/mol. The molecule has 0 radical (unpaired) electrons. The van der Waals surface area contributed by atoms with Gasteiger partial charge in [0.15, 0.2) is 5.82 Å². The number of nitrogen functional groups attached to an aromatic ring is 1. The average Bonchev–Trinajstić information content (AvgIpc) is 3.91. The fourth-order valence-corrected chi connectivity index (χ4v) is 8.85. The number of nitrogens with zero attached hydrogens (tertiary/aromatic N) is 4. The van der Waals surface area contributed by atoms with Crippen molar-refractivity contribution >= 4 is 46.5 Å². The van der Waals surface area contributed by atoms with Crippen LogP contribution in [0.3, 0.4) is 0 Å². The molecule has 7 N–H and O–H groups in total. The van der Waals surface area contributed by atoms with Crippen molar-refractivity contribution in [2.75, 3.05) is 76.5 Å². The highest BCUT2D eigenvalue weighted by molar-refractivity contribution is 7.13. The van der Waals surface area contributed by atoms with Crippen molar-refractivity contribution in [1.82, 2.24) is 31.0 Å². The molecule has 0 bridgehead atoms. The van der Waals surface area contributed by atoms with E-state index >= 15 is 0 Å². The number of β-amino-alcohol motifs (C(OH)–C–C–N with tert-alkyl or cyclic N) is 1. The highest BCUT2D eigenvalue weighted by Gasteiger charge is 2.44. The Morgan fingerprint density at radius 2 is 1.60 bits per heavy atom. The Hall–Kier alpha value is -5.66. The number of likely N-dealkylation sites (tertiary alicyclic amines) is 1.